The summed E-state index contributed by atoms with van der Waals surface area (Å²) in [7, 11) is 0. The number of fused-ring (bicyclic) bond motifs is 1. The van der Waals surface area contributed by atoms with Crippen LogP contribution in [0.3, 0.4) is 0 Å². The van der Waals surface area contributed by atoms with Crippen LogP contribution in [0.4, 0.5) is 5.82 Å². The molecule has 2 aromatic carbocycles. The van der Waals surface area contributed by atoms with Crippen molar-refractivity contribution in [2.45, 2.75) is 13.5 Å². The molecule has 0 saturated heterocycles. The highest BCUT2D eigenvalue weighted by atomic mass is 16.3. The maximum Gasteiger partial charge on any atom is 0.198 e. The van der Waals surface area contributed by atoms with Crippen LogP contribution in [0.15, 0.2) is 71.3 Å². The van der Waals surface area contributed by atoms with Crippen molar-refractivity contribution in [2.24, 2.45) is 0 Å². The SMILES string of the molecule is Cc1ccc2nc(-c3ccco3)nc(NCc3ccccc3)c2c1. The molecule has 0 amide bonds. The summed E-state index contributed by atoms with van der Waals surface area (Å²) in [4.78, 5) is 9.31. The lowest BCUT2D eigenvalue weighted by Gasteiger charge is -2.11. The van der Waals surface area contributed by atoms with Crippen molar-refractivity contribution >= 4 is 16.7 Å². The minimum Gasteiger partial charge on any atom is -0.461 e. The molecule has 0 aliphatic carbocycles. The Morgan fingerprint density at radius 3 is 2.62 bits per heavy atom. The first-order valence-corrected chi connectivity index (χ1v) is 7.90. The number of hydrogen-bond donors (Lipinski definition) is 1. The fourth-order valence-corrected chi connectivity index (χ4v) is 2.67. The number of nitrogens with zero attached hydrogens (tertiary/aromatic N) is 2. The van der Waals surface area contributed by atoms with Crippen molar-refractivity contribution in [2.75, 3.05) is 5.32 Å². The lowest BCUT2D eigenvalue weighted by atomic mass is 10.1. The van der Waals surface area contributed by atoms with E-state index in [0.717, 1.165) is 16.7 Å². The van der Waals surface area contributed by atoms with Crippen LogP contribution in [0.25, 0.3) is 22.5 Å². The lowest BCUT2D eigenvalue weighted by molar-refractivity contribution is 0.577. The van der Waals surface area contributed by atoms with Crippen LogP contribution in [0, 0.1) is 6.92 Å². The van der Waals surface area contributed by atoms with Crippen LogP contribution in [0.1, 0.15) is 11.1 Å². The van der Waals surface area contributed by atoms with Gasteiger partial charge in [0.25, 0.3) is 0 Å². The molecule has 0 radical (unpaired) electrons. The third-order valence-electron chi connectivity index (χ3n) is 3.90. The predicted molar refractivity (Wildman–Crippen MR) is 95.7 cm³/mol. The molecule has 0 fully saturated rings. The molecule has 0 bridgehead atoms. The van der Waals surface area contributed by atoms with Gasteiger partial charge in [-0.2, -0.15) is 0 Å². The Bertz CT molecular complexity index is 963. The van der Waals surface area contributed by atoms with E-state index in [1.165, 1.54) is 11.1 Å². The summed E-state index contributed by atoms with van der Waals surface area (Å²) >= 11 is 0. The van der Waals surface area contributed by atoms with Gasteiger partial charge in [-0.1, -0.05) is 42.0 Å². The standard InChI is InChI=1S/C20H17N3O/c1-14-9-10-17-16(12-14)19(21-13-15-6-3-2-4-7-15)23-20(22-17)18-8-5-11-24-18/h2-12H,13H2,1H3,(H,21,22,23). The maximum atomic E-state index is 5.46. The van der Waals surface area contributed by atoms with Crippen molar-refractivity contribution < 1.29 is 4.42 Å². The van der Waals surface area contributed by atoms with E-state index in [1.54, 1.807) is 6.26 Å². The highest BCUT2D eigenvalue weighted by molar-refractivity contribution is 5.90. The van der Waals surface area contributed by atoms with Gasteiger partial charge in [0.2, 0.25) is 0 Å². The van der Waals surface area contributed by atoms with Crippen molar-refractivity contribution in [1.29, 1.82) is 0 Å². The molecule has 4 nitrogen and oxygen atoms in total. The van der Waals surface area contributed by atoms with Crippen molar-refractivity contribution in [1.82, 2.24) is 9.97 Å². The molecule has 118 valence electrons. The molecule has 0 saturated carbocycles. The maximum absolute atomic E-state index is 5.46. The number of nitrogens with one attached hydrogen (secondary N) is 1. The molecule has 0 atom stereocenters. The Morgan fingerprint density at radius 1 is 0.958 bits per heavy atom. The quantitative estimate of drug-likeness (QED) is 0.587. The Labute approximate surface area is 140 Å². The minimum atomic E-state index is 0.590. The normalized spacial score (nSPS) is 10.9. The van der Waals surface area contributed by atoms with Gasteiger partial charge in [0.15, 0.2) is 11.6 Å². The van der Waals surface area contributed by atoms with Crippen LogP contribution in [0.2, 0.25) is 0 Å². The summed E-state index contributed by atoms with van der Waals surface area (Å²) in [5.74, 6) is 2.08. The first-order valence-electron chi connectivity index (χ1n) is 7.90. The summed E-state index contributed by atoms with van der Waals surface area (Å²) in [5.41, 5.74) is 3.29. The number of anilines is 1. The van der Waals surface area contributed by atoms with Crippen LogP contribution in [-0.2, 0) is 6.54 Å². The first kappa shape index (κ1) is 14.5. The van der Waals surface area contributed by atoms with E-state index < -0.39 is 0 Å². The van der Waals surface area contributed by atoms with Crippen molar-refractivity contribution in [3.8, 4) is 11.6 Å². The Morgan fingerprint density at radius 2 is 1.83 bits per heavy atom. The lowest BCUT2D eigenvalue weighted by Crippen LogP contribution is -2.04. The predicted octanol–water partition coefficient (Wildman–Crippen LogP) is 4.81. The minimum absolute atomic E-state index is 0.590. The summed E-state index contributed by atoms with van der Waals surface area (Å²) in [6.45, 7) is 2.78. The molecular formula is C20H17N3O. The summed E-state index contributed by atoms with van der Waals surface area (Å²) in [5, 5.41) is 4.46. The zero-order valence-corrected chi connectivity index (χ0v) is 13.4. The highest BCUT2D eigenvalue weighted by Gasteiger charge is 2.11. The summed E-state index contributed by atoms with van der Waals surface area (Å²) in [6, 6.07) is 20.2. The third kappa shape index (κ3) is 2.86. The summed E-state index contributed by atoms with van der Waals surface area (Å²) in [6.07, 6.45) is 1.63. The van der Waals surface area contributed by atoms with E-state index in [-0.39, 0.29) is 0 Å². The van der Waals surface area contributed by atoms with Gasteiger partial charge in [-0.05, 0) is 36.8 Å². The Hall–Kier alpha value is -3.14. The highest BCUT2D eigenvalue weighted by Crippen LogP contribution is 2.26. The number of furan rings is 1. The molecule has 1 N–H and O–H groups in total. The fourth-order valence-electron chi connectivity index (χ4n) is 2.67. The van der Waals surface area contributed by atoms with Gasteiger partial charge in [-0.3, -0.25) is 0 Å². The van der Waals surface area contributed by atoms with Gasteiger partial charge < -0.3 is 9.73 Å². The third-order valence-corrected chi connectivity index (χ3v) is 3.90. The fraction of sp³-hybridized carbons (Fsp3) is 0.100. The van der Waals surface area contributed by atoms with Crippen LogP contribution in [-0.4, -0.2) is 9.97 Å². The smallest absolute Gasteiger partial charge is 0.198 e. The zero-order valence-electron chi connectivity index (χ0n) is 13.4. The van der Waals surface area contributed by atoms with E-state index in [4.69, 9.17) is 4.42 Å². The second-order valence-corrected chi connectivity index (χ2v) is 5.73. The van der Waals surface area contributed by atoms with E-state index in [1.807, 2.05) is 36.4 Å². The number of aryl methyl sites for hydroxylation is 1. The first-order chi connectivity index (χ1) is 11.8. The van der Waals surface area contributed by atoms with Gasteiger partial charge in [0.1, 0.15) is 5.82 Å². The second kappa shape index (κ2) is 6.16. The van der Waals surface area contributed by atoms with Crippen LogP contribution < -0.4 is 5.32 Å². The molecule has 4 aromatic rings. The van der Waals surface area contributed by atoms with E-state index >= 15 is 0 Å². The van der Waals surface area contributed by atoms with Gasteiger partial charge in [0.05, 0.1) is 11.8 Å². The Balaban J connectivity index is 1.77. The van der Waals surface area contributed by atoms with Crippen LogP contribution in [0.5, 0.6) is 0 Å². The summed E-state index contributed by atoms with van der Waals surface area (Å²) < 4.78 is 5.46. The molecule has 0 aliphatic heterocycles. The zero-order chi connectivity index (χ0) is 16.4. The molecular weight excluding hydrogens is 298 g/mol. The molecule has 4 heteroatoms. The van der Waals surface area contributed by atoms with Gasteiger partial charge in [-0.15, -0.1) is 0 Å². The molecule has 24 heavy (non-hydrogen) atoms. The van der Waals surface area contributed by atoms with Gasteiger partial charge in [-0.25, -0.2) is 9.97 Å². The monoisotopic (exact) mass is 315 g/mol. The molecule has 4 rings (SSSR count). The van der Waals surface area contributed by atoms with E-state index in [2.05, 4.69) is 46.5 Å². The van der Waals surface area contributed by atoms with Crippen LogP contribution >= 0.6 is 0 Å². The molecule has 0 aliphatic rings. The number of aromatic nitrogens is 2. The van der Waals surface area contributed by atoms with Gasteiger partial charge >= 0.3 is 0 Å². The van der Waals surface area contributed by atoms with Crippen molar-refractivity contribution in [3.63, 3.8) is 0 Å². The average Bonchev–Trinajstić information content (AvgIpc) is 3.15. The molecule has 0 spiro atoms. The average molecular weight is 315 g/mol. The number of rotatable bonds is 4. The second-order valence-electron chi connectivity index (χ2n) is 5.73. The molecule has 0 unspecified atom stereocenters. The Kier molecular flexibility index (Phi) is 3.71. The van der Waals surface area contributed by atoms with Gasteiger partial charge in [0, 0.05) is 11.9 Å². The van der Waals surface area contributed by atoms with Crippen molar-refractivity contribution in [3.05, 3.63) is 78.1 Å². The molecule has 2 heterocycles. The van der Waals surface area contributed by atoms with E-state index in [0.29, 0.717) is 18.1 Å². The topological polar surface area (TPSA) is 51.0 Å². The molecule has 2 aromatic heterocycles. The number of hydrogen-bond acceptors (Lipinski definition) is 4. The number of benzene rings is 2. The largest absolute Gasteiger partial charge is 0.461 e. The van der Waals surface area contributed by atoms with E-state index in [9.17, 15) is 0 Å².